The molecule has 0 N–H and O–H groups in total. The predicted molar refractivity (Wildman–Crippen MR) is 124 cm³/mol. The van der Waals surface area contributed by atoms with Crippen LogP contribution in [0.25, 0.3) is 10.9 Å². The minimum Gasteiger partial charge on any atom is -0.493 e. The molecule has 0 unspecified atom stereocenters. The molecule has 0 spiro atoms. The van der Waals surface area contributed by atoms with Crippen LogP contribution in [-0.2, 0) is 25.5 Å². The number of hydrogen-bond donors (Lipinski definition) is 0. The average Bonchev–Trinajstić information content (AvgIpc) is 3.40. The Hall–Kier alpha value is -2.62. The number of rotatable bonds is 9. The highest BCUT2D eigenvalue weighted by molar-refractivity contribution is 5.86. The Balaban J connectivity index is 1.73. The molecular formula is C24H33N3O6. The normalized spacial score (nSPS) is 18.5. The van der Waals surface area contributed by atoms with Crippen molar-refractivity contribution in [2.45, 2.75) is 25.5 Å². The van der Waals surface area contributed by atoms with Crippen LogP contribution in [0.3, 0.4) is 0 Å². The van der Waals surface area contributed by atoms with Gasteiger partial charge < -0.3 is 33.5 Å². The average molecular weight is 460 g/mol. The standard InChI is InChI=1S/C24H33N3O6/c1-29-10-6-27(24(28)20-5-4-9-33-20)16-18-13-17-14-21(30-2)22(31-3)15-19(17)25-23(18)26-7-11-32-12-8-26/h13-15,20H,4-12,16H2,1-3H3/t20-/m1/s1. The van der Waals surface area contributed by atoms with Crippen molar-refractivity contribution >= 4 is 22.6 Å². The first kappa shape index (κ1) is 23.5. The lowest BCUT2D eigenvalue weighted by Crippen LogP contribution is -2.41. The van der Waals surface area contributed by atoms with Crippen LogP contribution in [0.2, 0.25) is 0 Å². The fraction of sp³-hybridized carbons (Fsp3) is 0.583. The molecule has 9 nitrogen and oxygen atoms in total. The summed E-state index contributed by atoms with van der Waals surface area (Å²) in [5.74, 6) is 2.14. The molecule has 9 heteroatoms. The Bertz CT molecular complexity index is 957. The maximum absolute atomic E-state index is 13.2. The third-order valence-corrected chi connectivity index (χ3v) is 6.13. The number of anilines is 1. The molecule has 2 aliphatic rings. The number of morpholine rings is 1. The van der Waals surface area contributed by atoms with Crippen molar-refractivity contribution in [2.24, 2.45) is 0 Å². The van der Waals surface area contributed by atoms with E-state index < -0.39 is 0 Å². The quantitative estimate of drug-likeness (QED) is 0.565. The lowest BCUT2D eigenvalue weighted by molar-refractivity contribution is -0.142. The fourth-order valence-corrected chi connectivity index (χ4v) is 4.35. The van der Waals surface area contributed by atoms with Gasteiger partial charge in [0.1, 0.15) is 11.9 Å². The van der Waals surface area contributed by atoms with E-state index in [1.54, 1.807) is 21.3 Å². The van der Waals surface area contributed by atoms with Crippen LogP contribution in [0.1, 0.15) is 18.4 Å². The van der Waals surface area contributed by atoms with E-state index in [-0.39, 0.29) is 12.0 Å². The molecule has 0 bridgehead atoms. The summed E-state index contributed by atoms with van der Waals surface area (Å²) < 4.78 is 27.5. The zero-order valence-corrected chi connectivity index (χ0v) is 19.7. The molecule has 0 radical (unpaired) electrons. The van der Waals surface area contributed by atoms with Gasteiger partial charge in [0.15, 0.2) is 11.5 Å². The van der Waals surface area contributed by atoms with Crippen LogP contribution in [0.15, 0.2) is 18.2 Å². The van der Waals surface area contributed by atoms with Crippen LogP contribution in [-0.4, -0.2) is 89.3 Å². The molecule has 2 fully saturated rings. The number of benzene rings is 1. The molecule has 180 valence electrons. The summed E-state index contributed by atoms with van der Waals surface area (Å²) in [6, 6.07) is 5.91. The van der Waals surface area contributed by atoms with Crippen molar-refractivity contribution in [3.05, 3.63) is 23.8 Å². The van der Waals surface area contributed by atoms with Gasteiger partial charge in [-0.1, -0.05) is 0 Å². The molecule has 0 saturated carbocycles. The summed E-state index contributed by atoms with van der Waals surface area (Å²) in [7, 11) is 4.88. The molecule has 0 aliphatic carbocycles. The Labute approximate surface area is 194 Å². The van der Waals surface area contributed by atoms with E-state index in [1.807, 2.05) is 17.0 Å². The van der Waals surface area contributed by atoms with Crippen molar-refractivity contribution in [1.82, 2.24) is 9.88 Å². The zero-order chi connectivity index (χ0) is 23.2. The van der Waals surface area contributed by atoms with E-state index >= 15 is 0 Å². The highest BCUT2D eigenvalue weighted by Gasteiger charge is 2.29. The number of fused-ring (bicyclic) bond motifs is 1. The summed E-state index contributed by atoms with van der Waals surface area (Å²) in [5, 5.41) is 0.927. The summed E-state index contributed by atoms with van der Waals surface area (Å²) >= 11 is 0. The van der Waals surface area contributed by atoms with Gasteiger partial charge in [-0.2, -0.15) is 0 Å². The smallest absolute Gasteiger partial charge is 0.252 e. The number of ether oxygens (including phenoxy) is 5. The van der Waals surface area contributed by atoms with Crippen molar-refractivity contribution in [3.8, 4) is 11.5 Å². The first-order valence-electron chi connectivity index (χ1n) is 11.4. The van der Waals surface area contributed by atoms with E-state index in [9.17, 15) is 4.79 Å². The number of carbonyl (C=O) groups is 1. The Morgan fingerprint density at radius 1 is 1.12 bits per heavy atom. The number of nitrogens with zero attached hydrogens (tertiary/aromatic N) is 3. The van der Waals surface area contributed by atoms with Gasteiger partial charge in [-0.25, -0.2) is 4.98 Å². The predicted octanol–water partition coefficient (Wildman–Crippen LogP) is 2.24. The van der Waals surface area contributed by atoms with Gasteiger partial charge in [-0.15, -0.1) is 0 Å². The first-order valence-corrected chi connectivity index (χ1v) is 11.4. The maximum atomic E-state index is 13.2. The molecule has 2 saturated heterocycles. The first-order chi connectivity index (χ1) is 16.1. The lowest BCUT2D eigenvalue weighted by atomic mass is 10.1. The second kappa shape index (κ2) is 11.0. The number of hydrogen-bond acceptors (Lipinski definition) is 8. The second-order valence-electron chi connectivity index (χ2n) is 8.22. The van der Waals surface area contributed by atoms with Crippen LogP contribution >= 0.6 is 0 Å². The lowest BCUT2D eigenvalue weighted by Gasteiger charge is -2.32. The molecule has 1 atom stereocenters. The monoisotopic (exact) mass is 459 g/mol. The number of methoxy groups -OCH3 is 3. The summed E-state index contributed by atoms with van der Waals surface area (Å²) in [5.41, 5.74) is 1.78. The second-order valence-corrected chi connectivity index (χ2v) is 8.22. The van der Waals surface area contributed by atoms with Gasteiger partial charge in [0.2, 0.25) is 0 Å². The minimum absolute atomic E-state index is 0.00452. The van der Waals surface area contributed by atoms with Gasteiger partial charge >= 0.3 is 0 Å². The zero-order valence-electron chi connectivity index (χ0n) is 19.7. The molecule has 3 heterocycles. The van der Waals surface area contributed by atoms with Gasteiger partial charge in [0.05, 0.1) is 39.6 Å². The van der Waals surface area contributed by atoms with E-state index in [2.05, 4.69) is 11.0 Å². The van der Waals surface area contributed by atoms with E-state index in [4.69, 9.17) is 28.7 Å². The summed E-state index contributed by atoms with van der Waals surface area (Å²) in [6.45, 7) is 4.78. The van der Waals surface area contributed by atoms with E-state index in [0.29, 0.717) is 51.0 Å². The molecule has 4 rings (SSSR count). The SMILES string of the molecule is COCCN(Cc1cc2cc(OC)c(OC)cc2nc1N1CCOCC1)C(=O)[C@H]1CCCO1. The molecule has 1 aromatic heterocycles. The van der Waals surface area contributed by atoms with Gasteiger partial charge in [0, 0.05) is 56.9 Å². The Morgan fingerprint density at radius 2 is 1.88 bits per heavy atom. The largest absolute Gasteiger partial charge is 0.493 e. The third kappa shape index (κ3) is 5.31. The molecule has 1 amide bonds. The van der Waals surface area contributed by atoms with Gasteiger partial charge in [-0.3, -0.25) is 4.79 Å². The minimum atomic E-state index is -0.383. The molecule has 1 aromatic carbocycles. The number of pyridine rings is 1. The van der Waals surface area contributed by atoms with Crippen molar-refractivity contribution in [3.63, 3.8) is 0 Å². The molecular weight excluding hydrogens is 426 g/mol. The van der Waals surface area contributed by atoms with E-state index in [1.165, 1.54) is 0 Å². The maximum Gasteiger partial charge on any atom is 0.252 e. The number of aromatic nitrogens is 1. The molecule has 2 aliphatic heterocycles. The van der Waals surface area contributed by atoms with Crippen LogP contribution in [0.5, 0.6) is 11.5 Å². The Morgan fingerprint density at radius 3 is 2.55 bits per heavy atom. The fourth-order valence-electron chi connectivity index (χ4n) is 4.35. The molecule has 2 aromatic rings. The van der Waals surface area contributed by atoms with E-state index in [0.717, 1.165) is 48.2 Å². The summed E-state index contributed by atoms with van der Waals surface area (Å²) in [4.78, 5) is 22.3. The van der Waals surface area contributed by atoms with Gasteiger partial charge in [-0.05, 0) is 25.0 Å². The van der Waals surface area contributed by atoms with Gasteiger partial charge in [0.25, 0.3) is 5.91 Å². The topological polar surface area (TPSA) is 82.6 Å². The summed E-state index contributed by atoms with van der Waals surface area (Å²) in [6.07, 6.45) is 1.28. The highest BCUT2D eigenvalue weighted by Crippen LogP contribution is 2.34. The van der Waals surface area contributed by atoms with Crippen LogP contribution in [0, 0.1) is 0 Å². The van der Waals surface area contributed by atoms with Crippen molar-refractivity contribution in [2.75, 3.05) is 72.3 Å². The van der Waals surface area contributed by atoms with Crippen LogP contribution in [0.4, 0.5) is 5.82 Å². The van der Waals surface area contributed by atoms with Crippen molar-refractivity contribution < 1.29 is 28.5 Å². The third-order valence-electron chi connectivity index (χ3n) is 6.13. The van der Waals surface area contributed by atoms with Crippen LogP contribution < -0.4 is 14.4 Å². The Kier molecular flexibility index (Phi) is 7.85. The van der Waals surface area contributed by atoms with Crippen molar-refractivity contribution in [1.29, 1.82) is 0 Å². The number of carbonyl (C=O) groups excluding carboxylic acids is 1. The number of amides is 1. The molecule has 33 heavy (non-hydrogen) atoms. The highest BCUT2D eigenvalue weighted by atomic mass is 16.5.